The molecule has 0 saturated heterocycles. The molecule has 41 heavy (non-hydrogen) atoms. The third kappa shape index (κ3) is 4.32. The molecule has 0 amide bonds. The highest BCUT2D eigenvalue weighted by Crippen LogP contribution is 2.43. The van der Waals surface area contributed by atoms with Crippen molar-refractivity contribution in [2.45, 2.75) is 31.9 Å². The first-order valence-corrected chi connectivity index (χ1v) is 14.0. The van der Waals surface area contributed by atoms with Gasteiger partial charge in [0.25, 0.3) is 0 Å². The highest BCUT2D eigenvalue weighted by atomic mass is 16.3. The Kier molecular flexibility index (Phi) is 6.72. The summed E-state index contributed by atoms with van der Waals surface area (Å²) in [5.41, 5.74) is 3.35. The molecule has 6 aromatic rings. The molecule has 0 spiro atoms. The zero-order valence-electron chi connectivity index (χ0n) is 23.6. The second-order valence-electron chi connectivity index (χ2n) is 11.1. The standard InChI is InChI=1S/C37H34N2O2/c1-26(2)37(41,33-20-19-28-23-34(40)27(3)21-29(28)22-33)35-24-39(25-38-35)36(30-13-7-4-8-14-30,31-15-9-5-10-16-31)32-17-11-6-12-18-32/h4-26,40-41H,1-3H3. The summed E-state index contributed by atoms with van der Waals surface area (Å²) in [5.74, 6) is 0.100. The van der Waals surface area contributed by atoms with E-state index in [0.717, 1.165) is 38.6 Å². The molecule has 1 aromatic heterocycles. The summed E-state index contributed by atoms with van der Waals surface area (Å²) in [5, 5.41) is 24.6. The minimum absolute atomic E-state index is 0.166. The van der Waals surface area contributed by atoms with Gasteiger partial charge in [0.15, 0.2) is 0 Å². The van der Waals surface area contributed by atoms with Crippen LogP contribution in [0, 0.1) is 12.8 Å². The van der Waals surface area contributed by atoms with Gasteiger partial charge in [-0.3, -0.25) is 0 Å². The Labute approximate surface area is 241 Å². The maximum Gasteiger partial charge on any atom is 0.135 e. The van der Waals surface area contributed by atoms with Crippen LogP contribution in [0.25, 0.3) is 10.8 Å². The highest BCUT2D eigenvalue weighted by Gasteiger charge is 2.42. The quantitative estimate of drug-likeness (QED) is 0.204. The fourth-order valence-electron chi connectivity index (χ4n) is 6.10. The number of phenols is 1. The van der Waals surface area contributed by atoms with Crippen molar-refractivity contribution in [1.29, 1.82) is 0 Å². The van der Waals surface area contributed by atoms with Gasteiger partial charge in [-0.25, -0.2) is 4.98 Å². The van der Waals surface area contributed by atoms with E-state index in [-0.39, 0.29) is 11.7 Å². The number of rotatable bonds is 7. The molecule has 2 N–H and O–H groups in total. The van der Waals surface area contributed by atoms with Gasteiger partial charge in [-0.15, -0.1) is 0 Å². The molecule has 6 rings (SSSR count). The van der Waals surface area contributed by atoms with Crippen LogP contribution in [-0.2, 0) is 11.1 Å². The second-order valence-corrected chi connectivity index (χ2v) is 11.1. The molecule has 0 aliphatic heterocycles. The Morgan fingerprint density at radius 2 is 1.20 bits per heavy atom. The average molecular weight is 539 g/mol. The summed E-state index contributed by atoms with van der Waals surface area (Å²) in [7, 11) is 0. The van der Waals surface area contributed by atoms with Gasteiger partial charge in [0.2, 0.25) is 0 Å². The van der Waals surface area contributed by atoms with Crippen molar-refractivity contribution in [2.75, 3.05) is 0 Å². The topological polar surface area (TPSA) is 58.3 Å². The predicted octanol–water partition coefficient (Wildman–Crippen LogP) is 7.78. The van der Waals surface area contributed by atoms with Crippen LogP contribution in [0.4, 0.5) is 0 Å². The normalized spacial score (nSPS) is 13.4. The van der Waals surface area contributed by atoms with Gasteiger partial charge in [0.1, 0.15) is 16.9 Å². The fraction of sp³-hybridized carbons (Fsp3) is 0.162. The maximum absolute atomic E-state index is 12.5. The number of nitrogens with zero attached hydrogens (tertiary/aromatic N) is 2. The minimum atomic E-state index is -1.35. The van der Waals surface area contributed by atoms with Crippen LogP contribution in [0.5, 0.6) is 5.75 Å². The van der Waals surface area contributed by atoms with Crippen LogP contribution in [-0.4, -0.2) is 19.8 Å². The lowest BCUT2D eigenvalue weighted by atomic mass is 9.76. The Bertz CT molecular complexity index is 1700. The first kappa shape index (κ1) is 26.5. The summed E-state index contributed by atoms with van der Waals surface area (Å²) < 4.78 is 2.14. The maximum atomic E-state index is 12.5. The third-order valence-corrected chi connectivity index (χ3v) is 8.37. The summed E-state index contributed by atoms with van der Waals surface area (Å²) in [6.07, 6.45) is 3.85. The monoisotopic (exact) mass is 538 g/mol. The van der Waals surface area contributed by atoms with Crippen LogP contribution >= 0.6 is 0 Å². The molecule has 0 saturated carbocycles. The van der Waals surface area contributed by atoms with E-state index in [1.165, 1.54) is 0 Å². The van der Waals surface area contributed by atoms with Gasteiger partial charge in [0, 0.05) is 6.20 Å². The van der Waals surface area contributed by atoms with E-state index in [4.69, 9.17) is 4.98 Å². The Morgan fingerprint density at radius 3 is 1.71 bits per heavy atom. The van der Waals surface area contributed by atoms with Gasteiger partial charge < -0.3 is 14.8 Å². The Hall–Kier alpha value is -4.67. The molecule has 0 aliphatic rings. The number of benzene rings is 5. The first-order chi connectivity index (χ1) is 19.8. The number of hydrogen-bond acceptors (Lipinski definition) is 3. The van der Waals surface area contributed by atoms with Crippen molar-refractivity contribution in [3.63, 3.8) is 0 Å². The van der Waals surface area contributed by atoms with Gasteiger partial charge in [-0.2, -0.15) is 0 Å². The summed E-state index contributed by atoms with van der Waals surface area (Å²) in [4.78, 5) is 4.91. The molecule has 5 aromatic carbocycles. The predicted molar refractivity (Wildman–Crippen MR) is 165 cm³/mol. The number of fused-ring (bicyclic) bond motifs is 1. The molecule has 0 fully saturated rings. The van der Waals surface area contributed by atoms with Crippen molar-refractivity contribution in [2.24, 2.45) is 5.92 Å². The van der Waals surface area contributed by atoms with E-state index >= 15 is 0 Å². The number of phenolic OH excluding ortho intramolecular Hbond substituents is 1. The van der Waals surface area contributed by atoms with E-state index in [1.54, 1.807) is 6.07 Å². The summed E-state index contributed by atoms with van der Waals surface area (Å²) >= 11 is 0. The van der Waals surface area contributed by atoms with Gasteiger partial charge in [-0.05, 0) is 69.6 Å². The van der Waals surface area contributed by atoms with Crippen molar-refractivity contribution < 1.29 is 10.2 Å². The van der Waals surface area contributed by atoms with Crippen LogP contribution in [0.2, 0.25) is 0 Å². The highest BCUT2D eigenvalue weighted by molar-refractivity contribution is 5.86. The summed E-state index contributed by atoms with van der Waals surface area (Å²) in [6, 6.07) is 41.0. The Morgan fingerprint density at radius 1 is 0.659 bits per heavy atom. The molecule has 1 unspecified atom stereocenters. The molecule has 0 radical (unpaired) electrons. The van der Waals surface area contributed by atoms with Crippen LogP contribution in [0.1, 0.15) is 47.4 Å². The first-order valence-electron chi connectivity index (χ1n) is 14.0. The molecule has 0 bridgehead atoms. The van der Waals surface area contributed by atoms with Gasteiger partial charge >= 0.3 is 0 Å². The van der Waals surface area contributed by atoms with E-state index in [2.05, 4.69) is 77.4 Å². The number of imidazole rings is 1. The van der Waals surface area contributed by atoms with Crippen molar-refractivity contribution in [1.82, 2.24) is 9.55 Å². The number of aliphatic hydroxyl groups is 1. The van der Waals surface area contributed by atoms with Gasteiger partial charge in [-0.1, -0.05) is 117 Å². The van der Waals surface area contributed by atoms with Crippen molar-refractivity contribution in [3.05, 3.63) is 167 Å². The lowest BCUT2D eigenvalue weighted by Crippen LogP contribution is -2.37. The average Bonchev–Trinajstić information content (AvgIpc) is 3.50. The zero-order valence-corrected chi connectivity index (χ0v) is 23.6. The zero-order chi connectivity index (χ0) is 28.6. The number of aromatic hydroxyl groups is 1. The molecular formula is C37H34N2O2. The van der Waals surface area contributed by atoms with Crippen LogP contribution in [0.15, 0.2) is 134 Å². The van der Waals surface area contributed by atoms with Crippen LogP contribution in [0.3, 0.4) is 0 Å². The third-order valence-electron chi connectivity index (χ3n) is 8.37. The van der Waals surface area contributed by atoms with E-state index < -0.39 is 11.1 Å². The Balaban J connectivity index is 1.59. The molecule has 4 nitrogen and oxygen atoms in total. The molecular weight excluding hydrogens is 504 g/mol. The SMILES string of the molecule is Cc1cc2cc(C(O)(c3cn(C(c4ccccc4)(c4ccccc4)c4ccccc4)cn3)C(C)C)ccc2cc1O. The van der Waals surface area contributed by atoms with Gasteiger partial charge in [0.05, 0.1) is 12.0 Å². The largest absolute Gasteiger partial charge is 0.508 e. The molecule has 1 atom stereocenters. The smallest absolute Gasteiger partial charge is 0.135 e. The number of aromatic nitrogens is 2. The molecule has 4 heteroatoms. The fourth-order valence-corrected chi connectivity index (χ4v) is 6.10. The lowest BCUT2D eigenvalue weighted by molar-refractivity contribution is 0.0279. The molecule has 1 heterocycles. The lowest BCUT2D eigenvalue weighted by Gasteiger charge is -2.37. The van der Waals surface area contributed by atoms with Crippen molar-refractivity contribution in [3.8, 4) is 5.75 Å². The number of hydrogen-bond donors (Lipinski definition) is 2. The minimum Gasteiger partial charge on any atom is -0.508 e. The molecule has 0 aliphatic carbocycles. The second kappa shape index (κ2) is 10.4. The summed E-state index contributed by atoms with van der Waals surface area (Å²) in [6.45, 7) is 5.92. The number of aryl methyl sites for hydroxylation is 1. The van der Waals surface area contributed by atoms with Crippen molar-refractivity contribution >= 4 is 10.8 Å². The van der Waals surface area contributed by atoms with Crippen LogP contribution < -0.4 is 0 Å². The van der Waals surface area contributed by atoms with E-state index in [0.29, 0.717) is 5.69 Å². The van der Waals surface area contributed by atoms with E-state index in [9.17, 15) is 10.2 Å². The van der Waals surface area contributed by atoms with E-state index in [1.807, 2.05) is 75.8 Å². The molecule has 204 valence electrons.